The van der Waals surface area contributed by atoms with Gasteiger partial charge in [0.2, 0.25) is 5.91 Å². The van der Waals surface area contributed by atoms with Crippen molar-refractivity contribution >= 4 is 23.4 Å². The fourth-order valence-corrected chi connectivity index (χ4v) is 2.94. The monoisotopic (exact) mass is 357 g/mol. The number of benzene rings is 1. The molecular weight excluding hydrogens is 341 g/mol. The Morgan fingerprint density at radius 1 is 1.32 bits per heavy atom. The SMILES string of the molecule is Cc1ccc(NC(=O)CSc2nnc(-c3cccnc3)n2C)c(F)c1. The van der Waals surface area contributed by atoms with Crippen LogP contribution < -0.4 is 5.32 Å². The molecule has 2 heterocycles. The number of pyridine rings is 1. The Morgan fingerprint density at radius 3 is 2.88 bits per heavy atom. The van der Waals surface area contributed by atoms with Gasteiger partial charge >= 0.3 is 0 Å². The molecule has 3 aromatic rings. The van der Waals surface area contributed by atoms with Crippen LogP contribution in [-0.2, 0) is 11.8 Å². The molecule has 0 atom stereocenters. The van der Waals surface area contributed by atoms with Crippen LogP contribution in [0.4, 0.5) is 10.1 Å². The Hall–Kier alpha value is -2.74. The molecule has 0 bridgehead atoms. The van der Waals surface area contributed by atoms with Gasteiger partial charge in [-0.1, -0.05) is 17.8 Å². The van der Waals surface area contributed by atoms with Crippen molar-refractivity contribution in [2.45, 2.75) is 12.1 Å². The summed E-state index contributed by atoms with van der Waals surface area (Å²) in [4.78, 5) is 16.1. The zero-order valence-electron chi connectivity index (χ0n) is 13.7. The standard InChI is InChI=1S/C17H16FN5OS/c1-11-5-6-14(13(18)8-11)20-15(24)10-25-17-22-21-16(23(17)2)12-4-3-7-19-9-12/h3-9H,10H2,1-2H3,(H,20,24). The molecule has 0 aliphatic rings. The predicted octanol–water partition coefficient (Wildman–Crippen LogP) is 3.06. The van der Waals surface area contributed by atoms with Crippen LogP contribution in [0.3, 0.4) is 0 Å². The Labute approximate surface area is 148 Å². The lowest BCUT2D eigenvalue weighted by molar-refractivity contribution is -0.113. The highest BCUT2D eigenvalue weighted by Gasteiger charge is 2.14. The second-order valence-electron chi connectivity index (χ2n) is 5.43. The zero-order valence-corrected chi connectivity index (χ0v) is 14.5. The van der Waals surface area contributed by atoms with E-state index in [9.17, 15) is 9.18 Å². The van der Waals surface area contributed by atoms with Crippen molar-refractivity contribution < 1.29 is 9.18 Å². The molecule has 0 unspecified atom stereocenters. The maximum atomic E-state index is 13.8. The second kappa shape index (κ2) is 7.43. The van der Waals surface area contributed by atoms with E-state index in [1.165, 1.54) is 17.8 Å². The van der Waals surface area contributed by atoms with E-state index in [1.807, 2.05) is 19.2 Å². The average molecular weight is 357 g/mol. The Bertz CT molecular complexity index is 897. The van der Waals surface area contributed by atoms with E-state index in [-0.39, 0.29) is 17.3 Å². The van der Waals surface area contributed by atoms with Gasteiger partial charge in [0.25, 0.3) is 0 Å². The first-order valence-electron chi connectivity index (χ1n) is 7.53. The summed E-state index contributed by atoms with van der Waals surface area (Å²) >= 11 is 1.23. The quantitative estimate of drug-likeness (QED) is 0.711. The van der Waals surface area contributed by atoms with Gasteiger partial charge < -0.3 is 9.88 Å². The Morgan fingerprint density at radius 2 is 2.16 bits per heavy atom. The summed E-state index contributed by atoms with van der Waals surface area (Å²) in [6.45, 7) is 1.79. The van der Waals surface area contributed by atoms with Gasteiger partial charge in [0.1, 0.15) is 5.82 Å². The molecule has 2 aromatic heterocycles. The van der Waals surface area contributed by atoms with Gasteiger partial charge in [-0.3, -0.25) is 9.78 Å². The summed E-state index contributed by atoms with van der Waals surface area (Å²) in [5.41, 5.74) is 1.81. The molecule has 0 aliphatic heterocycles. The Balaban J connectivity index is 1.64. The molecule has 1 aromatic carbocycles. The molecule has 128 valence electrons. The first kappa shape index (κ1) is 17.1. The summed E-state index contributed by atoms with van der Waals surface area (Å²) in [6, 6.07) is 8.38. The summed E-state index contributed by atoms with van der Waals surface area (Å²) < 4.78 is 15.6. The lowest BCUT2D eigenvalue weighted by atomic mass is 10.2. The largest absolute Gasteiger partial charge is 0.323 e. The highest BCUT2D eigenvalue weighted by Crippen LogP contribution is 2.22. The van der Waals surface area contributed by atoms with Crippen molar-refractivity contribution in [3.8, 4) is 11.4 Å². The summed E-state index contributed by atoms with van der Waals surface area (Å²) in [5, 5.41) is 11.4. The number of aromatic nitrogens is 4. The third kappa shape index (κ3) is 4.03. The molecule has 0 saturated carbocycles. The molecule has 1 N–H and O–H groups in total. The van der Waals surface area contributed by atoms with E-state index in [0.29, 0.717) is 11.0 Å². The van der Waals surface area contributed by atoms with Crippen LogP contribution in [0.2, 0.25) is 0 Å². The van der Waals surface area contributed by atoms with E-state index in [1.54, 1.807) is 36.0 Å². The van der Waals surface area contributed by atoms with Crippen molar-refractivity contribution in [1.82, 2.24) is 19.7 Å². The number of carbonyl (C=O) groups excluding carboxylic acids is 1. The number of hydrogen-bond donors (Lipinski definition) is 1. The first-order valence-corrected chi connectivity index (χ1v) is 8.52. The predicted molar refractivity (Wildman–Crippen MR) is 94.7 cm³/mol. The van der Waals surface area contributed by atoms with E-state index >= 15 is 0 Å². The highest BCUT2D eigenvalue weighted by molar-refractivity contribution is 7.99. The van der Waals surface area contributed by atoms with Crippen LogP contribution >= 0.6 is 11.8 Å². The molecule has 0 spiro atoms. The Kier molecular flexibility index (Phi) is 5.08. The van der Waals surface area contributed by atoms with Gasteiger partial charge in [-0.15, -0.1) is 10.2 Å². The molecule has 3 rings (SSSR count). The molecule has 0 aliphatic carbocycles. The number of aryl methyl sites for hydroxylation is 1. The molecule has 0 fully saturated rings. The molecular formula is C17H16FN5OS. The smallest absolute Gasteiger partial charge is 0.234 e. The maximum absolute atomic E-state index is 13.8. The number of halogens is 1. The average Bonchev–Trinajstić information content (AvgIpc) is 2.97. The molecule has 6 nitrogen and oxygen atoms in total. The van der Waals surface area contributed by atoms with Gasteiger partial charge in [0.15, 0.2) is 11.0 Å². The fourth-order valence-electron chi connectivity index (χ4n) is 2.22. The van der Waals surface area contributed by atoms with Crippen molar-refractivity contribution in [1.29, 1.82) is 0 Å². The van der Waals surface area contributed by atoms with Crippen molar-refractivity contribution in [2.75, 3.05) is 11.1 Å². The lowest BCUT2D eigenvalue weighted by Crippen LogP contribution is -2.15. The fraction of sp³-hybridized carbons (Fsp3) is 0.176. The minimum absolute atomic E-state index is 0.104. The molecule has 8 heteroatoms. The van der Waals surface area contributed by atoms with Crippen LogP contribution in [0.1, 0.15) is 5.56 Å². The van der Waals surface area contributed by atoms with Gasteiger partial charge in [0.05, 0.1) is 11.4 Å². The number of hydrogen-bond acceptors (Lipinski definition) is 5. The van der Waals surface area contributed by atoms with Crippen LogP contribution in [0.15, 0.2) is 47.9 Å². The lowest BCUT2D eigenvalue weighted by Gasteiger charge is -2.07. The van der Waals surface area contributed by atoms with E-state index in [0.717, 1.165) is 11.1 Å². The van der Waals surface area contributed by atoms with Crippen molar-refractivity contribution in [3.05, 3.63) is 54.1 Å². The van der Waals surface area contributed by atoms with Crippen LogP contribution in [-0.4, -0.2) is 31.4 Å². The number of thioether (sulfide) groups is 1. The summed E-state index contributed by atoms with van der Waals surface area (Å²) in [5.74, 6) is 0.0157. The van der Waals surface area contributed by atoms with Gasteiger partial charge in [-0.05, 0) is 36.8 Å². The molecule has 0 radical (unpaired) electrons. The first-order chi connectivity index (χ1) is 12.0. The molecule has 25 heavy (non-hydrogen) atoms. The number of rotatable bonds is 5. The van der Waals surface area contributed by atoms with Crippen molar-refractivity contribution in [3.63, 3.8) is 0 Å². The molecule has 0 saturated heterocycles. The number of nitrogens with one attached hydrogen (secondary N) is 1. The topological polar surface area (TPSA) is 72.7 Å². The van der Waals surface area contributed by atoms with Gasteiger partial charge in [0, 0.05) is 25.0 Å². The van der Waals surface area contributed by atoms with Crippen LogP contribution in [0.5, 0.6) is 0 Å². The van der Waals surface area contributed by atoms with Gasteiger partial charge in [-0.2, -0.15) is 0 Å². The van der Waals surface area contributed by atoms with E-state index in [4.69, 9.17) is 0 Å². The number of nitrogens with zero attached hydrogens (tertiary/aromatic N) is 4. The number of anilines is 1. The zero-order chi connectivity index (χ0) is 17.8. The van der Waals surface area contributed by atoms with E-state index < -0.39 is 5.82 Å². The van der Waals surface area contributed by atoms with Gasteiger partial charge in [-0.25, -0.2) is 4.39 Å². The minimum Gasteiger partial charge on any atom is -0.323 e. The third-order valence-electron chi connectivity index (χ3n) is 3.49. The normalized spacial score (nSPS) is 10.7. The van der Waals surface area contributed by atoms with Crippen molar-refractivity contribution in [2.24, 2.45) is 7.05 Å². The van der Waals surface area contributed by atoms with Crippen LogP contribution in [0, 0.1) is 12.7 Å². The van der Waals surface area contributed by atoms with Crippen LogP contribution in [0.25, 0.3) is 11.4 Å². The number of amides is 1. The highest BCUT2D eigenvalue weighted by atomic mass is 32.2. The number of carbonyl (C=O) groups is 1. The van der Waals surface area contributed by atoms with E-state index in [2.05, 4.69) is 20.5 Å². The molecule has 1 amide bonds. The second-order valence-corrected chi connectivity index (χ2v) is 6.37. The maximum Gasteiger partial charge on any atom is 0.234 e. The summed E-state index contributed by atoms with van der Waals surface area (Å²) in [7, 11) is 1.82. The third-order valence-corrected chi connectivity index (χ3v) is 4.51. The minimum atomic E-state index is -0.448. The summed E-state index contributed by atoms with van der Waals surface area (Å²) in [6.07, 6.45) is 3.38.